The molecule has 1 aliphatic carbocycles. The van der Waals surface area contributed by atoms with Crippen LogP contribution < -0.4 is 5.32 Å². The highest BCUT2D eigenvalue weighted by Gasteiger charge is 2.35. The lowest BCUT2D eigenvalue weighted by molar-refractivity contribution is 0.0683. The van der Waals surface area contributed by atoms with Crippen LogP contribution in [0.3, 0.4) is 0 Å². The molecule has 2 heterocycles. The van der Waals surface area contributed by atoms with Gasteiger partial charge >= 0.3 is 0 Å². The molecule has 1 saturated carbocycles. The lowest BCUT2D eigenvalue weighted by Crippen LogP contribution is -2.43. The van der Waals surface area contributed by atoms with Gasteiger partial charge in [-0.15, -0.1) is 0 Å². The van der Waals surface area contributed by atoms with E-state index in [9.17, 15) is 0 Å². The summed E-state index contributed by atoms with van der Waals surface area (Å²) in [5, 5.41) is 3.54. The highest BCUT2D eigenvalue weighted by atomic mass is 15.1. The lowest BCUT2D eigenvalue weighted by atomic mass is 9.68. The minimum absolute atomic E-state index is 0.734. The van der Waals surface area contributed by atoms with Crippen molar-refractivity contribution in [3.05, 3.63) is 30.1 Å². The van der Waals surface area contributed by atoms with E-state index in [0.717, 1.165) is 18.5 Å². The third kappa shape index (κ3) is 4.27. The first-order valence-corrected chi connectivity index (χ1v) is 8.68. The number of nitrogens with zero attached hydrogens (tertiary/aromatic N) is 2. The van der Waals surface area contributed by atoms with Gasteiger partial charge in [-0.3, -0.25) is 4.98 Å². The van der Waals surface area contributed by atoms with E-state index in [1.165, 1.54) is 70.1 Å². The zero-order valence-electron chi connectivity index (χ0n) is 13.2. The van der Waals surface area contributed by atoms with Gasteiger partial charge in [0.1, 0.15) is 0 Å². The Hall–Kier alpha value is -0.930. The van der Waals surface area contributed by atoms with Gasteiger partial charge in [0, 0.05) is 32.0 Å². The molecule has 0 aromatic carbocycles. The minimum Gasteiger partial charge on any atom is -0.311 e. The van der Waals surface area contributed by atoms with Crippen molar-refractivity contribution < 1.29 is 0 Å². The molecule has 0 bridgehead atoms. The second kappa shape index (κ2) is 7.37. The molecule has 1 aromatic rings. The number of hydrogen-bond acceptors (Lipinski definition) is 3. The van der Waals surface area contributed by atoms with Crippen LogP contribution in [-0.4, -0.2) is 36.1 Å². The third-order valence-electron chi connectivity index (χ3n) is 5.49. The molecule has 1 spiro atoms. The van der Waals surface area contributed by atoms with E-state index in [-0.39, 0.29) is 0 Å². The summed E-state index contributed by atoms with van der Waals surface area (Å²) in [5.74, 6) is 0. The number of rotatable bonds is 5. The maximum absolute atomic E-state index is 4.15. The fourth-order valence-corrected chi connectivity index (χ4v) is 4.03. The predicted octanol–water partition coefficient (Wildman–Crippen LogP) is 3.22. The van der Waals surface area contributed by atoms with E-state index in [4.69, 9.17) is 0 Å². The quantitative estimate of drug-likeness (QED) is 0.843. The number of likely N-dealkylation sites (tertiary alicyclic amines) is 1. The number of piperidine rings is 1. The standard InChI is InChI=1S/C18H29N3/c1-2-6-18(7-3-1)8-12-21(13-9-18)14-11-20-16-17-5-4-10-19-15-17/h4-5,10,15,20H,1-3,6-9,11-14,16H2. The van der Waals surface area contributed by atoms with Gasteiger partial charge in [-0.1, -0.05) is 25.3 Å². The SMILES string of the molecule is c1cncc(CNCCN2CCC3(CCCCC3)CC2)c1. The van der Waals surface area contributed by atoms with Crippen LogP contribution in [0.5, 0.6) is 0 Å². The normalized spacial score (nSPS) is 22.5. The average molecular weight is 287 g/mol. The molecule has 0 unspecified atom stereocenters. The zero-order chi connectivity index (χ0) is 14.4. The fourth-order valence-electron chi connectivity index (χ4n) is 4.03. The van der Waals surface area contributed by atoms with Crippen LogP contribution in [0.2, 0.25) is 0 Å². The maximum atomic E-state index is 4.15. The summed E-state index contributed by atoms with van der Waals surface area (Å²) in [5.41, 5.74) is 2.01. The molecule has 1 N–H and O–H groups in total. The van der Waals surface area contributed by atoms with Gasteiger partial charge in [-0.25, -0.2) is 0 Å². The Kier molecular flexibility index (Phi) is 5.26. The first-order chi connectivity index (χ1) is 10.4. The van der Waals surface area contributed by atoms with Crippen molar-refractivity contribution in [2.24, 2.45) is 5.41 Å². The summed E-state index contributed by atoms with van der Waals surface area (Å²) in [4.78, 5) is 6.80. The molecule has 3 rings (SSSR count). The summed E-state index contributed by atoms with van der Waals surface area (Å²) in [6.07, 6.45) is 14.1. The van der Waals surface area contributed by atoms with E-state index in [1.54, 1.807) is 0 Å². The Morgan fingerprint density at radius 2 is 1.90 bits per heavy atom. The Labute approximate surface area is 129 Å². The van der Waals surface area contributed by atoms with E-state index in [1.807, 2.05) is 18.5 Å². The largest absolute Gasteiger partial charge is 0.311 e. The number of pyridine rings is 1. The van der Waals surface area contributed by atoms with Crippen molar-refractivity contribution in [3.8, 4) is 0 Å². The number of aromatic nitrogens is 1. The van der Waals surface area contributed by atoms with E-state index in [0.29, 0.717) is 0 Å². The van der Waals surface area contributed by atoms with Crippen molar-refractivity contribution >= 4 is 0 Å². The molecule has 2 fully saturated rings. The molecular weight excluding hydrogens is 258 g/mol. The fraction of sp³-hybridized carbons (Fsp3) is 0.722. The van der Waals surface area contributed by atoms with Gasteiger partial charge < -0.3 is 10.2 Å². The maximum Gasteiger partial charge on any atom is 0.0312 e. The van der Waals surface area contributed by atoms with Crippen molar-refractivity contribution in [1.29, 1.82) is 0 Å². The Balaban J connectivity index is 1.32. The first kappa shape index (κ1) is 15.0. The zero-order valence-corrected chi connectivity index (χ0v) is 13.2. The van der Waals surface area contributed by atoms with Crippen molar-refractivity contribution in [2.45, 2.75) is 51.5 Å². The monoisotopic (exact) mass is 287 g/mol. The van der Waals surface area contributed by atoms with Gasteiger partial charge in [-0.2, -0.15) is 0 Å². The van der Waals surface area contributed by atoms with E-state index < -0.39 is 0 Å². The summed E-state index contributed by atoms with van der Waals surface area (Å²) < 4.78 is 0. The Morgan fingerprint density at radius 1 is 1.10 bits per heavy atom. The predicted molar refractivity (Wildman–Crippen MR) is 87.1 cm³/mol. The van der Waals surface area contributed by atoms with Crippen molar-refractivity contribution in [1.82, 2.24) is 15.2 Å². The first-order valence-electron chi connectivity index (χ1n) is 8.68. The highest BCUT2D eigenvalue weighted by Crippen LogP contribution is 2.44. The Morgan fingerprint density at radius 3 is 2.62 bits per heavy atom. The Bertz CT molecular complexity index is 402. The number of nitrogens with one attached hydrogen (secondary N) is 1. The van der Waals surface area contributed by atoms with Crippen LogP contribution in [0.25, 0.3) is 0 Å². The topological polar surface area (TPSA) is 28.2 Å². The molecule has 0 amide bonds. The van der Waals surface area contributed by atoms with Crippen LogP contribution in [0.4, 0.5) is 0 Å². The van der Waals surface area contributed by atoms with Crippen LogP contribution >= 0.6 is 0 Å². The van der Waals surface area contributed by atoms with Crippen molar-refractivity contribution in [3.63, 3.8) is 0 Å². The van der Waals surface area contributed by atoms with Gasteiger partial charge in [0.15, 0.2) is 0 Å². The third-order valence-corrected chi connectivity index (χ3v) is 5.49. The van der Waals surface area contributed by atoms with Crippen LogP contribution in [-0.2, 0) is 6.54 Å². The molecule has 116 valence electrons. The van der Waals surface area contributed by atoms with E-state index in [2.05, 4.69) is 21.3 Å². The van der Waals surface area contributed by atoms with Crippen LogP contribution in [0.15, 0.2) is 24.5 Å². The van der Waals surface area contributed by atoms with E-state index >= 15 is 0 Å². The highest BCUT2D eigenvalue weighted by molar-refractivity contribution is 5.07. The van der Waals surface area contributed by atoms with Gasteiger partial charge in [-0.05, 0) is 55.8 Å². The molecule has 21 heavy (non-hydrogen) atoms. The average Bonchev–Trinajstić information content (AvgIpc) is 2.55. The summed E-state index contributed by atoms with van der Waals surface area (Å²) >= 11 is 0. The number of hydrogen-bond donors (Lipinski definition) is 1. The molecule has 1 saturated heterocycles. The lowest BCUT2D eigenvalue weighted by Gasteiger charge is -2.44. The molecule has 1 aromatic heterocycles. The van der Waals surface area contributed by atoms with Gasteiger partial charge in [0.25, 0.3) is 0 Å². The van der Waals surface area contributed by atoms with Gasteiger partial charge in [0.2, 0.25) is 0 Å². The van der Waals surface area contributed by atoms with Crippen LogP contribution in [0, 0.1) is 5.41 Å². The molecule has 0 atom stereocenters. The molecule has 0 radical (unpaired) electrons. The molecular formula is C18H29N3. The van der Waals surface area contributed by atoms with Crippen molar-refractivity contribution in [2.75, 3.05) is 26.2 Å². The molecule has 3 heteroatoms. The summed E-state index contributed by atoms with van der Waals surface area (Å²) in [6, 6.07) is 4.14. The minimum atomic E-state index is 0.734. The van der Waals surface area contributed by atoms with Crippen LogP contribution in [0.1, 0.15) is 50.5 Å². The molecule has 2 aliphatic rings. The smallest absolute Gasteiger partial charge is 0.0312 e. The van der Waals surface area contributed by atoms with Gasteiger partial charge in [0.05, 0.1) is 0 Å². The molecule has 3 nitrogen and oxygen atoms in total. The summed E-state index contributed by atoms with van der Waals surface area (Å²) in [7, 11) is 0. The second-order valence-electron chi connectivity index (χ2n) is 6.94. The summed E-state index contributed by atoms with van der Waals surface area (Å²) in [6.45, 7) is 5.84. The second-order valence-corrected chi connectivity index (χ2v) is 6.94. The molecule has 1 aliphatic heterocycles.